The zero-order valence-electron chi connectivity index (χ0n) is 19.3. The molecule has 0 spiro atoms. The monoisotopic (exact) mass is 495 g/mol. The molecule has 35 heavy (non-hydrogen) atoms. The number of benzene rings is 3. The Labute approximate surface area is 207 Å². The third kappa shape index (κ3) is 4.35. The van der Waals surface area contributed by atoms with Crippen LogP contribution in [0.4, 0.5) is 10.1 Å². The molecule has 1 heterocycles. The fourth-order valence-electron chi connectivity index (χ4n) is 4.16. The van der Waals surface area contributed by atoms with E-state index in [4.69, 9.17) is 21.1 Å². The molecule has 1 atom stereocenters. The highest BCUT2D eigenvalue weighted by Crippen LogP contribution is 2.44. The molecule has 1 aliphatic rings. The fraction of sp³-hybridized carbons (Fsp3) is 0.185. The topological polar surface area (TPSA) is 76.1 Å². The van der Waals surface area contributed by atoms with Crippen molar-refractivity contribution in [2.75, 3.05) is 18.6 Å². The van der Waals surface area contributed by atoms with Crippen molar-refractivity contribution in [1.82, 2.24) is 0 Å². The Hall–Kier alpha value is -3.84. The van der Waals surface area contributed by atoms with Gasteiger partial charge in [0.05, 0.1) is 30.4 Å². The molecule has 1 amide bonds. The number of rotatable bonds is 6. The van der Waals surface area contributed by atoms with Crippen molar-refractivity contribution in [3.63, 3.8) is 0 Å². The van der Waals surface area contributed by atoms with Crippen LogP contribution in [0.2, 0.25) is 5.02 Å². The molecule has 4 rings (SSSR count). The van der Waals surface area contributed by atoms with Crippen LogP contribution < -0.4 is 14.4 Å². The summed E-state index contributed by atoms with van der Waals surface area (Å²) in [6.45, 7) is 4.12. The van der Waals surface area contributed by atoms with E-state index in [9.17, 15) is 14.7 Å². The molecule has 1 unspecified atom stereocenters. The lowest BCUT2D eigenvalue weighted by molar-refractivity contribution is -0.132. The summed E-state index contributed by atoms with van der Waals surface area (Å²) >= 11 is 6.27. The molecule has 3 aromatic rings. The molecule has 1 saturated heterocycles. The zero-order chi connectivity index (χ0) is 25.3. The molecule has 3 aromatic carbocycles. The van der Waals surface area contributed by atoms with Crippen LogP contribution in [-0.2, 0) is 9.59 Å². The van der Waals surface area contributed by atoms with E-state index >= 15 is 4.39 Å². The molecule has 0 radical (unpaired) electrons. The average molecular weight is 496 g/mol. The maximum absolute atomic E-state index is 15.0. The number of ether oxygens (including phenoxy) is 2. The van der Waals surface area contributed by atoms with E-state index in [1.165, 1.54) is 31.4 Å². The predicted molar refractivity (Wildman–Crippen MR) is 132 cm³/mol. The van der Waals surface area contributed by atoms with Crippen LogP contribution in [0.15, 0.2) is 66.2 Å². The molecular formula is C27H23ClFNO5. The van der Waals surface area contributed by atoms with Gasteiger partial charge in [0.2, 0.25) is 0 Å². The van der Waals surface area contributed by atoms with Crippen LogP contribution in [0.5, 0.6) is 11.5 Å². The number of amides is 1. The number of nitrogens with zero attached hydrogens (tertiary/aromatic N) is 1. The lowest BCUT2D eigenvalue weighted by atomic mass is 9.94. The van der Waals surface area contributed by atoms with Gasteiger partial charge in [-0.05, 0) is 61.9 Å². The molecule has 6 nitrogen and oxygen atoms in total. The van der Waals surface area contributed by atoms with Crippen molar-refractivity contribution in [1.29, 1.82) is 0 Å². The number of methoxy groups -OCH3 is 1. The van der Waals surface area contributed by atoms with Gasteiger partial charge in [-0.2, -0.15) is 0 Å². The number of hydrogen-bond donors (Lipinski definition) is 1. The van der Waals surface area contributed by atoms with Gasteiger partial charge in [-0.15, -0.1) is 0 Å². The number of halogens is 2. The smallest absolute Gasteiger partial charge is 0.300 e. The highest BCUT2D eigenvalue weighted by Gasteiger charge is 2.48. The Morgan fingerprint density at radius 1 is 1.09 bits per heavy atom. The van der Waals surface area contributed by atoms with Gasteiger partial charge in [-0.1, -0.05) is 29.8 Å². The third-order valence-corrected chi connectivity index (χ3v) is 6.10. The van der Waals surface area contributed by atoms with Crippen molar-refractivity contribution in [2.45, 2.75) is 19.9 Å². The van der Waals surface area contributed by atoms with Gasteiger partial charge >= 0.3 is 0 Å². The minimum Gasteiger partial charge on any atom is -0.507 e. The number of carbonyl (C=O) groups is 2. The first-order chi connectivity index (χ1) is 16.8. The first-order valence-electron chi connectivity index (χ1n) is 10.9. The van der Waals surface area contributed by atoms with Crippen LogP contribution in [0.3, 0.4) is 0 Å². The van der Waals surface area contributed by atoms with E-state index in [1.807, 2.05) is 6.92 Å². The number of hydrogen-bond acceptors (Lipinski definition) is 5. The Morgan fingerprint density at radius 3 is 2.43 bits per heavy atom. The molecule has 0 saturated carbocycles. The van der Waals surface area contributed by atoms with Crippen LogP contribution in [0.25, 0.3) is 5.76 Å². The minimum atomic E-state index is -1.22. The van der Waals surface area contributed by atoms with Gasteiger partial charge in [0.15, 0.2) is 0 Å². The molecule has 1 fully saturated rings. The molecule has 0 aliphatic carbocycles. The normalized spacial score (nSPS) is 17.1. The van der Waals surface area contributed by atoms with Crippen molar-refractivity contribution >= 4 is 34.7 Å². The molecule has 8 heteroatoms. The quantitative estimate of drug-likeness (QED) is 0.265. The molecule has 0 aromatic heterocycles. The predicted octanol–water partition coefficient (Wildman–Crippen LogP) is 5.82. The number of aliphatic hydroxyl groups is 1. The second kappa shape index (κ2) is 9.80. The van der Waals surface area contributed by atoms with Gasteiger partial charge in [-0.3, -0.25) is 14.5 Å². The van der Waals surface area contributed by atoms with Crippen molar-refractivity contribution in [3.8, 4) is 11.5 Å². The van der Waals surface area contributed by atoms with Gasteiger partial charge in [0, 0.05) is 16.8 Å². The average Bonchev–Trinajstić information content (AvgIpc) is 3.10. The number of aliphatic hydroxyl groups excluding tert-OH is 1. The number of anilines is 1. The number of Topliss-reactive ketones (excluding diaryl/α,β-unsaturated/α-hetero) is 1. The Morgan fingerprint density at radius 2 is 1.80 bits per heavy atom. The van der Waals surface area contributed by atoms with Gasteiger partial charge < -0.3 is 14.6 Å². The molecule has 180 valence electrons. The van der Waals surface area contributed by atoms with Gasteiger partial charge in [0.25, 0.3) is 11.7 Å². The number of carbonyl (C=O) groups excluding carboxylic acids is 2. The Bertz CT molecular complexity index is 1350. The minimum absolute atomic E-state index is 0.0582. The zero-order valence-corrected chi connectivity index (χ0v) is 20.1. The summed E-state index contributed by atoms with van der Waals surface area (Å²) in [5.41, 5.74) is 1.12. The maximum atomic E-state index is 15.0. The lowest BCUT2D eigenvalue weighted by Crippen LogP contribution is -2.29. The van der Waals surface area contributed by atoms with Crippen molar-refractivity contribution in [3.05, 3.63) is 93.8 Å². The number of aryl methyl sites for hydroxylation is 1. The summed E-state index contributed by atoms with van der Waals surface area (Å²) < 4.78 is 25.7. The number of ketones is 1. The fourth-order valence-corrected chi connectivity index (χ4v) is 4.42. The molecular weight excluding hydrogens is 473 g/mol. The standard InChI is InChI=1S/C27H23ClFNO5/c1-4-35-21-11-9-16(13-15(21)2)25(31)23-24(18-7-5-6-8-20(18)29)30(27(33)26(23)32)17-10-12-22(34-3)19(28)14-17/h5-14,24,31H,4H2,1-3H3/b25-23+. The van der Waals surface area contributed by atoms with Crippen molar-refractivity contribution < 1.29 is 28.6 Å². The maximum Gasteiger partial charge on any atom is 0.300 e. The van der Waals surface area contributed by atoms with Crippen LogP contribution in [-0.4, -0.2) is 30.5 Å². The van der Waals surface area contributed by atoms with Crippen molar-refractivity contribution in [2.24, 2.45) is 0 Å². The van der Waals surface area contributed by atoms with E-state index in [1.54, 1.807) is 43.3 Å². The Kier molecular flexibility index (Phi) is 6.80. The highest BCUT2D eigenvalue weighted by molar-refractivity contribution is 6.51. The van der Waals surface area contributed by atoms with E-state index in [0.717, 1.165) is 10.5 Å². The van der Waals surface area contributed by atoms with Crippen LogP contribution >= 0.6 is 11.6 Å². The second-order valence-electron chi connectivity index (χ2n) is 7.92. The van der Waals surface area contributed by atoms with Gasteiger partial charge in [-0.25, -0.2) is 4.39 Å². The van der Waals surface area contributed by atoms with Gasteiger partial charge in [0.1, 0.15) is 23.1 Å². The summed E-state index contributed by atoms with van der Waals surface area (Å²) in [5.74, 6) is -1.89. The van der Waals surface area contributed by atoms with Crippen LogP contribution in [0, 0.1) is 12.7 Å². The summed E-state index contributed by atoms with van der Waals surface area (Å²) in [6.07, 6.45) is 0. The molecule has 1 N–H and O–H groups in total. The van der Waals surface area contributed by atoms with E-state index in [0.29, 0.717) is 23.7 Å². The SMILES string of the molecule is CCOc1ccc(/C(O)=C2\C(=O)C(=O)N(c3ccc(OC)c(Cl)c3)C2c2ccccc2F)cc1C. The summed E-state index contributed by atoms with van der Waals surface area (Å²) in [6, 6.07) is 14.1. The summed E-state index contributed by atoms with van der Waals surface area (Å²) in [7, 11) is 1.45. The van der Waals surface area contributed by atoms with E-state index in [2.05, 4.69) is 0 Å². The third-order valence-electron chi connectivity index (χ3n) is 5.81. The van der Waals surface area contributed by atoms with E-state index < -0.39 is 29.3 Å². The Balaban J connectivity index is 1.93. The first-order valence-corrected chi connectivity index (χ1v) is 11.3. The molecule has 0 bridgehead atoms. The first kappa shape index (κ1) is 24.3. The summed E-state index contributed by atoms with van der Waals surface area (Å²) in [4.78, 5) is 27.6. The van der Waals surface area contributed by atoms with Crippen LogP contribution in [0.1, 0.15) is 29.7 Å². The lowest BCUT2D eigenvalue weighted by Gasteiger charge is -2.26. The largest absolute Gasteiger partial charge is 0.507 e. The molecule has 1 aliphatic heterocycles. The summed E-state index contributed by atoms with van der Waals surface area (Å²) in [5, 5.41) is 11.5. The second-order valence-corrected chi connectivity index (χ2v) is 8.33. The highest BCUT2D eigenvalue weighted by atomic mass is 35.5. The van der Waals surface area contributed by atoms with E-state index in [-0.39, 0.29) is 21.8 Å².